The number of nitrogens with two attached hydrogens (primary N) is 2. The highest BCUT2D eigenvalue weighted by Gasteiger charge is 2.12. The van der Waals surface area contributed by atoms with Gasteiger partial charge in [-0.2, -0.15) is 5.90 Å². The van der Waals surface area contributed by atoms with E-state index in [1.165, 1.54) is 0 Å². The molecular formula is C4H10N2O3. The molecule has 0 aromatic carbocycles. The molecule has 54 valence electrons. The number of hydrogen-bond donors (Lipinski definition) is 2. The predicted octanol–water partition coefficient (Wildman–Crippen LogP) is -1.07. The summed E-state index contributed by atoms with van der Waals surface area (Å²) in [6.07, 6.45) is 0. The van der Waals surface area contributed by atoms with Crippen LogP contribution >= 0.6 is 0 Å². The Morgan fingerprint density at radius 1 is 1.67 bits per heavy atom. The Kier molecular flexibility index (Phi) is 3.94. The molecule has 9 heavy (non-hydrogen) atoms. The average molecular weight is 134 g/mol. The van der Waals surface area contributed by atoms with E-state index in [1.54, 1.807) is 6.92 Å². The third-order valence-corrected chi connectivity index (χ3v) is 0.865. The summed E-state index contributed by atoms with van der Waals surface area (Å²) in [6.45, 7) is 1.72. The number of carbonyl (C=O) groups is 1. The minimum absolute atomic E-state index is 0.121. The SMILES string of the molecule is CC(CON)C(=O)ON. The van der Waals surface area contributed by atoms with Crippen LogP contribution in [0.4, 0.5) is 0 Å². The molecule has 5 nitrogen and oxygen atoms in total. The van der Waals surface area contributed by atoms with Gasteiger partial charge in [0.1, 0.15) is 0 Å². The second-order valence-corrected chi connectivity index (χ2v) is 1.67. The lowest BCUT2D eigenvalue weighted by molar-refractivity contribution is -0.150. The molecule has 0 fully saturated rings. The van der Waals surface area contributed by atoms with E-state index in [2.05, 4.69) is 21.5 Å². The van der Waals surface area contributed by atoms with Crippen LogP contribution in [0.1, 0.15) is 6.92 Å². The van der Waals surface area contributed by atoms with E-state index in [1.807, 2.05) is 0 Å². The first-order valence-electron chi connectivity index (χ1n) is 2.44. The summed E-state index contributed by atoms with van der Waals surface area (Å²) < 4.78 is 0. The summed E-state index contributed by atoms with van der Waals surface area (Å²) in [6, 6.07) is 0. The van der Waals surface area contributed by atoms with Gasteiger partial charge >= 0.3 is 5.97 Å². The molecular weight excluding hydrogens is 124 g/mol. The van der Waals surface area contributed by atoms with Crippen molar-refractivity contribution in [3.63, 3.8) is 0 Å². The normalized spacial score (nSPS) is 12.8. The lowest BCUT2D eigenvalue weighted by atomic mass is 10.2. The molecule has 1 unspecified atom stereocenters. The Balaban J connectivity index is 3.45. The van der Waals surface area contributed by atoms with Crippen molar-refractivity contribution in [3.8, 4) is 0 Å². The van der Waals surface area contributed by atoms with Crippen LogP contribution < -0.4 is 11.8 Å². The van der Waals surface area contributed by atoms with E-state index in [-0.39, 0.29) is 6.61 Å². The fourth-order valence-corrected chi connectivity index (χ4v) is 0.329. The first-order chi connectivity index (χ1) is 4.22. The van der Waals surface area contributed by atoms with Crippen molar-refractivity contribution >= 4 is 5.97 Å². The Bertz CT molecular complexity index is 95.8. The molecule has 0 aliphatic heterocycles. The zero-order valence-corrected chi connectivity index (χ0v) is 5.16. The van der Waals surface area contributed by atoms with Crippen molar-refractivity contribution in [2.45, 2.75) is 6.92 Å². The van der Waals surface area contributed by atoms with Gasteiger partial charge in [0, 0.05) is 0 Å². The van der Waals surface area contributed by atoms with E-state index in [9.17, 15) is 4.79 Å². The van der Waals surface area contributed by atoms with Gasteiger partial charge < -0.3 is 9.68 Å². The predicted molar refractivity (Wildman–Crippen MR) is 29.6 cm³/mol. The number of rotatable bonds is 3. The largest absolute Gasteiger partial charge is 0.373 e. The van der Waals surface area contributed by atoms with Crippen LogP contribution in [-0.4, -0.2) is 12.6 Å². The maximum atomic E-state index is 10.4. The lowest BCUT2D eigenvalue weighted by Gasteiger charge is -2.04. The zero-order chi connectivity index (χ0) is 7.28. The van der Waals surface area contributed by atoms with Crippen LogP contribution in [0.15, 0.2) is 0 Å². The highest BCUT2D eigenvalue weighted by atomic mass is 16.7. The van der Waals surface area contributed by atoms with Crippen molar-refractivity contribution < 1.29 is 14.5 Å². The van der Waals surface area contributed by atoms with Gasteiger partial charge in [-0.25, -0.2) is 10.7 Å². The summed E-state index contributed by atoms with van der Waals surface area (Å²) in [7, 11) is 0. The zero-order valence-electron chi connectivity index (χ0n) is 5.16. The summed E-state index contributed by atoms with van der Waals surface area (Å²) in [4.78, 5) is 18.5. The molecule has 0 aromatic heterocycles. The maximum absolute atomic E-state index is 10.4. The quantitative estimate of drug-likeness (QED) is 0.480. The first-order valence-corrected chi connectivity index (χ1v) is 2.44. The van der Waals surface area contributed by atoms with Gasteiger partial charge in [-0.15, -0.1) is 0 Å². The van der Waals surface area contributed by atoms with Gasteiger partial charge in [0.2, 0.25) is 0 Å². The number of carbonyl (C=O) groups excluding carboxylic acids is 1. The summed E-state index contributed by atoms with van der Waals surface area (Å²) in [5.74, 6) is 8.30. The van der Waals surface area contributed by atoms with Crippen LogP contribution in [0.3, 0.4) is 0 Å². The lowest BCUT2D eigenvalue weighted by Crippen LogP contribution is -2.23. The third kappa shape index (κ3) is 3.02. The molecule has 4 N–H and O–H groups in total. The fraction of sp³-hybridized carbons (Fsp3) is 0.750. The molecule has 5 heteroatoms. The van der Waals surface area contributed by atoms with Gasteiger partial charge in [0.25, 0.3) is 0 Å². The Hall–Kier alpha value is -0.650. The van der Waals surface area contributed by atoms with Gasteiger partial charge in [-0.3, -0.25) is 0 Å². The molecule has 0 aliphatic rings. The van der Waals surface area contributed by atoms with Crippen LogP contribution in [0, 0.1) is 5.92 Å². The van der Waals surface area contributed by atoms with Gasteiger partial charge in [0.15, 0.2) is 0 Å². The van der Waals surface area contributed by atoms with E-state index in [4.69, 9.17) is 0 Å². The van der Waals surface area contributed by atoms with Gasteiger partial charge in [-0.1, -0.05) is 0 Å². The van der Waals surface area contributed by atoms with Crippen molar-refractivity contribution in [2.75, 3.05) is 6.61 Å². The van der Waals surface area contributed by atoms with Crippen LogP contribution in [-0.2, 0) is 14.5 Å². The molecule has 1 atom stereocenters. The Morgan fingerprint density at radius 3 is 2.56 bits per heavy atom. The van der Waals surface area contributed by atoms with E-state index >= 15 is 0 Å². The standard InChI is InChI=1S/C4H10N2O3/c1-3(2-8-5)4(7)9-6/h3H,2,5-6H2,1H3. The highest BCUT2D eigenvalue weighted by Crippen LogP contribution is 1.94. The molecule has 0 spiro atoms. The Morgan fingerprint density at radius 2 is 2.22 bits per heavy atom. The summed E-state index contributed by atoms with van der Waals surface area (Å²) >= 11 is 0. The number of hydrogen-bond acceptors (Lipinski definition) is 5. The third-order valence-electron chi connectivity index (χ3n) is 0.865. The molecule has 0 aliphatic carbocycles. The second kappa shape index (κ2) is 4.25. The molecule has 0 heterocycles. The summed E-state index contributed by atoms with van der Waals surface area (Å²) in [5.41, 5.74) is 0. The summed E-state index contributed by atoms with van der Waals surface area (Å²) in [5, 5.41) is 0. The molecule has 0 saturated heterocycles. The minimum atomic E-state index is -0.527. The van der Waals surface area contributed by atoms with E-state index < -0.39 is 11.9 Å². The van der Waals surface area contributed by atoms with Crippen molar-refractivity contribution in [1.82, 2.24) is 0 Å². The first kappa shape index (κ1) is 8.35. The minimum Gasteiger partial charge on any atom is -0.373 e. The molecule has 0 amide bonds. The topological polar surface area (TPSA) is 87.6 Å². The second-order valence-electron chi connectivity index (χ2n) is 1.67. The molecule has 0 aromatic rings. The molecule has 0 rings (SSSR count). The smallest absolute Gasteiger partial charge is 0.329 e. The van der Waals surface area contributed by atoms with Gasteiger partial charge in [0.05, 0.1) is 12.5 Å². The monoisotopic (exact) mass is 134 g/mol. The van der Waals surface area contributed by atoms with Crippen LogP contribution in [0.25, 0.3) is 0 Å². The maximum Gasteiger partial charge on any atom is 0.329 e. The highest BCUT2D eigenvalue weighted by molar-refractivity contribution is 5.71. The van der Waals surface area contributed by atoms with E-state index in [0.717, 1.165) is 0 Å². The van der Waals surface area contributed by atoms with E-state index in [0.29, 0.717) is 0 Å². The molecule has 0 saturated carbocycles. The fourth-order valence-electron chi connectivity index (χ4n) is 0.329. The van der Waals surface area contributed by atoms with Crippen molar-refractivity contribution in [3.05, 3.63) is 0 Å². The Labute approximate surface area is 52.8 Å². The van der Waals surface area contributed by atoms with Gasteiger partial charge in [-0.05, 0) is 6.92 Å². The van der Waals surface area contributed by atoms with Crippen molar-refractivity contribution in [1.29, 1.82) is 0 Å². The van der Waals surface area contributed by atoms with Crippen molar-refractivity contribution in [2.24, 2.45) is 17.7 Å². The molecule has 0 bridgehead atoms. The molecule has 0 radical (unpaired) electrons. The average Bonchev–Trinajstić information content (AvgIpc) is 1.87. The van der Waals surface area contributed by atoms with Crippen LogP contribution in [0.5, 0.6) is 0 Å². The van der Waals surface area contributed by atoms with Crippen LogP contribution in [0.2, 0.25) is 0 Å².